The van der Waals surface area contributed by atoms with Crippen molar-refractivity contribution in [1.29, 1.82) is 5.26 Å². The number of aryl methyl sites for hydroxylation is 1. The summed E-state index contributed by atoms with van der Waals surface area (Å²) in [7, 11) is 0. The van der Waals surface area contributed by atoms with E-state index in [0.29, 0.717) is 18.7 Å². The lowest BCUT2D eigenvalue weighted by atomic mass is 10.1. The van der Waals surface area contributed by atoms with Crippen LogP contribution in [0, 0.1) is 11.3 Å². The molecule has 1 N–H and O–H groups in total. The molecular formula is C23H23F3N4. The molecule has 1 aromatic heterocycles. The Morgan fingerprint density at radius 3 is 2.53 bits per heavy atom. The van der Waals surface area contributed by atoms with Gasteiger partial charge in [-0.3, -0.25) is 0 Å². The highest BCUT2D eigenvalue weighted by atomic mass is 19.4. The van der Waals surface area contributed by atoms with Crippen LogP contribution in [0.3, 0.4) is 0 Å². The van der Waals surface area contributed by atoms with E-state index < -0.39 is 11.7 Å². The fourth-order valence-electron chi connectivity index (χ4n) is 3.31. The van der Waals surface area contributed by atoms with Crippen molar-refractivity contribution in [3.63, 3.8) is 0 Å². The minimum absolute atomic E-state index is 0.201. The summed E-state index contributed by atoms with van der Waals surface area (Å²) in [4.78, 5) is 4.23. The summed E-state index contributed by atoms with van der Waals surface area (Å²) in [6.45, 7) is 1.54. The highest BCUT2D eigenvalue weighted by Gasteiger charge is 2.32. The first-order chi connectivity index (χ1) is 14.5. The number of nitrogens with one attached hydrogen (secondary N) is 1. The minimum atomic E-state index is -4.33. The molecule has 0 spiro atoms. The average molecular weight is 412 g/mol. The number of halogens is 3. The number of aromatic nitrogens is 2. The van der Waals surface area contributed by atoms with E-state index in [1.807, 2.05) is 18.3 Å². The number of alkyl halides is 3. The Morgan fingerprint density at radius 2 is 1.80 bits per heavy atom. The molecule has 3 aromatic rings. The van der Waals surface area contributed by atoms with Crippen LogP contribution in [0.5, 0.6) is 0 Å². The molecule has 0 amide bonds. The number of hydrogen-bond donors (Lipinski definition) is 1. The van der Waals surface area contributed by atoms with Crippen LogP contribution in [-0.4, -0.2) is 16.1 Å². The van der Waals surface area contributed by atoms with E-state index in [1.165, 1.54) is 12.1 Å². The predicted molar refractivity (Wildman–Crippen MR) is 109 cm³/mol. The lowest BCUT2D eigenvalue weighted by Crippen LogP contribution is -2.18. The number of nitriles is 1. The summed E-state index contributed by atoms with van der Waals surface area (Å²) in [5.74, 6) is 0. The largest absolute Gasteiger partial charge is 0.416 e. The maximum Gasteiger partial charge on any atom is 0.416 e. The summed E-state index contributed by atoms with van der Waals surface area (Å²) < 4.78 is 41.1. The number of nitrogens with zero attached hydrogens (tertiary/aromatic N) is 3. The van der Waals surface area contributed by atoms with E-state index in [9.17, 15) is 13.2 Å². The highest BCUT2D eigenvalue weighted by molar-refractivity contribution is 5.32. The third kappa shape index (κ3) is 5.94. The molecule has 0 saturated carbocycles. The van der Waals surface area contributed by atoms with Gasteiger partial charge in [-0.2, -0.15) is 18.4 Å². The molecule has 0 bridgehead atoms. The monoisotopic (exact) mass is 412 g/mol. The lowest BCUT2D eigenvalue weighted by Gasteiger charge is -2.13. The molecule has 0 unspecified atom stereocenters. The number of benzene rings is 2. The van der Waals surface area contributed by atoms with Crippen molar-refractivity contribution in [2.45, 2.75) is 38.5 Å². The lowest BCUT2D eigenvalue weighted by molar-refractivity contribution is -0.138. The molecule has 30 heavy (non-hydrogen) atoms. The molecule has 4 nitrogen and oxygen atoms in total. The van der Waals surface area contributed by atoms with E-state index in [4.69, 9.17) is 5.26 Å². The second kappa shape index (κ2) is 10.1. The maximum absolute atomic E-state index is 13.0. The summed E-state index contributed by atoms with van der Waals surface area (Å²) >= 11 is 0. The van der Waals surface area contributed by atoms with E-state index in [2.05, 4.69) is 20.9 Å². The van der Waals surface area contributed by atoms with Crippen LogP contribution in [0.25, 0.3) is 0 Å². The molecule has 156 valence electrons. The molecule has 2 aromatic carbocycles. The van der Waals surface area contributed by atoms with Crippen molar-refractivity contribution in [3.05, 3.63) is 89.0 Å². The van der Waals surface area contributed by atoms with Gasteiger partial charge in [-0.25, -0.2) is 4.98 Å². The molecule has 1 heterocycles. The van der Waals surface area contributed by atoms with Crippen LogP contribution in [0.1, 0.15) is 40.8 Å². The standard InChI is InChI=1S/C23H23F3N4/c24-23(25,26)22-7-2-1-5-20(22)14-28-12-4-3-6-21-15-29-17-30(21)16-19-10-8-18(13-27)9-11-19/h1-2,5,7-11,15,17,28H,3-4,6,12,14,16H2. The minimum Gasteiger partial charge on any atom is -0.330 e. The van der Waals surface area contributed by atoms with Crippen LogP contribution in [0.4, 0.5) is 13.2 Å². The predicted octanol–water partition coefficient (Wildman–Crippen LogP) is 4.93. The number of hydrogen-bond acceptors (Lipinski definition) is 3. The molecule has 0 aliphatic carbocycles. The van der Waals surface area contributed by atoms with Crippen LogP contribution in [-0.2, 0) is 25.7 Å². The van der Waals surface area contributed by atoms with Crippen molar-refractivity contribution in [1.82, 2.24) is 14.9 Å². The third-order valence-electron chi connectivity index (χ3n) is 4.91. The SMILES string of the molecule is N#Cc1ccc(Cn2cncc2CCCCNCc2ccccc2C(F)(F)F)cc1. The van der Waals surface area contributed by atoms with Crippen molar-refractivity contribution in [2.24, 2.45) is 0 Å². The van der Waals surface area contributed by atoms with Crippen molar-refractivity contribution in [2.75, 3.05) is 6.54 Å². The van der Waals surface area contributed by atoms with Gasteiger partial charge in [0.1, 0.15) is 0 Å². The molecule has 0 fully saturated rings. The normalized spacial score (nSPS) is 11.4. The van der Waals surface area contributed by atoms with Crippen LogP contribution in [0.2, 0.25) is 0 Å². The highest BCUT2D eigenvalue weighted by Crippen LogP contribution is 2.31. The van der Waals surface area contributed by atoms with Crippen molar-refractivity contribution in [3.8, 4) is 6.07 Å². The van der Waals surface area contributed by atoms with Gasteiger partial charge in [-0.15, -0.1) is 0 Å². The summed E-state index contributed by atoms with van der Waals surface area (Å²) in [5.41, 5.74) is 2.53. The molecule has 0 radical (unpaired) electrons. The van der Waals surface area contributed by atoms with Crippen LogP contribution in [0.15, 0.2) is 61.1 Å². The molecular weight excluding hydrogens is 389 g/mol. The number of rotatable bonds is 9. The van der Waals surface area contributed by atoms with Gasteiger partial charge >= 0.3 is 6.18 Å². The first-order valence-corrected chi connectivity index (χ1v) is 9.81. The zero-order valence-electron chi connectivity index (χ0n) is 16.5. The Balaban J connectivity index is 1.43. The Kier molecular flexibility index (Phi) is 7.26. The van der Waals surface area contributed by atoms with Gasteiger partial charge in [0.15, 0.2) is 0 Å². The Morgan fingerprint density at radius 1 is 1.03 bits per heavy atom. The maximum atomic E-state index is 13.0. The van der Waals surface area contributed by atoms with E-state index in [1.54, 1.807) is 24.5 Å². The second-order valence-electron chi connectivity index (χ2n) is 7.11. The molecule has 3 rings (SSSR count). The first kappa shape index (κ1) is 21.6. The fourth-order valence-corrected chi connectivity index (χ4v) is 3.31. The van der Waals surface area contributed by atoms with Crippen molar-refractivity contribution < 1.29 is 13.2 Å². The van der Waals surface area contributed by atoms with Crippen LogP contribution < -0.4 is 5.32 Å². The molecule has 0 atom stereocenters. The number of unbranched alkanes of at least 4 members (excludes halogenated alkanes) is 1. The van der Waals surface area contributed by atoms with Gasteiger partial charge in [-0.1, -0.05) is 30.3 Å². The van der Waals surface area contributed by atoms with Gasteiger partial charge in [-0.05, 0) is 55.1 Å². The Hall–Kier alpha value is -3.11. The van der Waals surface area contributed by atoms with Gasteiger partial charge in [0, 0.05) is 25.0 Å². The summed E-state index contributed by atoms with van der Waals surface area (Å²) in [6.07, 6.45) is 1.92. The van der Waals surface area contributed by atoms with Crippen molar-refractivity contribution >= 4 is 0 Å². The third-order valence-corrected chi connectivity index (χ3v) is 4.91. The zero-order chi connectivity index (χ0) is 21.4. The second-order valence-corrected chi connectivity index (χ2v) is 7.11. The van der Waals surface area contributed by atoms with Gasteiger partial charge < -0.3 is 9.88 Å². The molecule has 0 saturated heterocycles. The summed E-state index contributed by atoms with van der Waals surface area (Å²) in [6, 6.07) is 15.2. The Labute approximate surface area is 174 Å². The summed E-state index contributed by atoms with van der Waals surface area (Å²) in [5, 5.41) is 12.0. The quantitative estimate of drug-likeness (QED) is 0.507. The zero-order valence-corrected chi connectivity index (χ0v) is 16.5. The molecule has 0 aliphatic heterocycles. The van der Waals surface area contributed by atoms with E-state index in [0.717, 1.165) is 36.6 Å². The Bertz CT molecular complexity index is 985. The van der Waals surface area contributed by atoms with E-state index >= 15 is 0 Å². The van der Waals surface area contributed by atoms with Gasteiger partial charge in [0.05, 0.1) is 23.5 Å². The molecule has 0 aliphatic rings. The average Bonchev–Trinajstić information content (AvgIpc) is 3.17. The topological polar surface area (TPSA) is 53.6 Å². The molecule has 7 heteroatoms. The smallest absolute Gasteiger partial charge is 0.330 e. The van der Waals surface area contributed by atoms with Crippen LogP contribution >= 0.6 is 0 Å². The first-order valence-electron chi connectivity index (χ1n) is 9.81. The fraction of sp³-hybridized carbons (Fsp3) is 0.304. The van der Waals surface area contributed by atoms with E-state index in [-0.39, 0.29) is 12.1 Å². The van der Waals surface area contributed by atoms with Gasteiger partial charge in [0.2, 0.25) is 0 Å². The van der Waals surface area contributed by atoms with Gasteiger partial charge in [0.25, 0.3) is 0 Å². The number of imidazole rings is 1.